The van der Waals surface area contributed by atoms with Gasteiger partial charge in [0.1, 0.15) is 18.1 Å². The van der Waals surface area contributed by atoms with Gasteiger partial charge in [-0.25, -0.2) is 9.78 Å². The van der Waals surface area contributed by atoms with Gasteiger partial charge in [0.25, 0.3) is 0 Å². The number of carboxylic acid groups (broad SMARTS) is 1. The average Bonchev–Trinajstić information content (AvgIpc) is 3.29. The van der Waals surface area contributed by atoms with Crippen LogP contribution < -0.4 is 33.2 Å². The number of imidazole rings is 1. The second-order valence-corrected chi connectivity index (χ2v) is 7.55. The van der Waals surface area contributed by atoms with Crippen molar-refractivity contribution in [3.05, 3.63) is 18.2 Å². The molecule has 0 spiro atoms. The molecular formula is C19H32N8O7. The standard InChI is InChI=1S/C19H32N8O7/c20-4-2-1-3-11(21)16(30)25-12(5-10-7-23-9-24-10)17(31)27-14(8-28)18(32)26-13(19(33)34)6-15(22)29/h7,9,11-14,28H,1-6,8,20-21H2,(H2,22,29)(H,23,24)(H,25,30)(H,26,32)(H,27,31)(H,33,34). The number of rotatable bonds is 16. The van der Waals surface area contributed by atoms with Gasteiger partial charge in [-0.3, -0.25) is 19.2 Å². The third kappa shape index (κ3) is 9.93. The highest BCUT2D eigenvalue weighted by molar-refractivity contribution is 5.95. The SMILES string of the molecule is NCCCCC(N)C(=O)NC(Cc1cnc[nH]1)C(=O)NC(CO)C(=O)NC(CC(N)=O)C(=O)O. The molecule has 0 saturated heterocycles. The number of H-pyrrole nitrogens is 1. The fourth-order valence-corrected chi connectivity index (χ4v) is 2.88. The molecule has 1 rings (SSSR count). The summed E-state index contributed by atoms with van der Waals surface area (Å²) in [4.78, 5) is 66.6. The van der Waals surface area contributed by atoms with E-state index >= 15 is 0 Å². The first kappa shape index (κ1) is 28.5. The molecule has 15 heteroatoms. The summed E-state index contributed by atoms with van der Waals surface area (Å²) in [6, 6.07) is -5.31. The Morgan fingerprint density at radius 2 is 1.62 bits per heavy atom. The van der Waals surface area contributed by atoms with E-state index < -0.39 is 66.8 Å². The van der Waals surface area contributed by atoms with Crippen molar-refractivity contribution >= 4 is 29.6 Å². The number of aliphatic hydroxyl groups is 1. The first-order valence-electron chi connectivity index (χ1n) is 10.5. The van der Waals surface area contributed by atoms with Crippen LogP contribution in [0.4, 0.5) is 0 Å². The van der Waals surface area contributed by atoms with Crippen molar-refractivity contribution in [1.29, 1.82) is 0 Å². The second kappa shape index (κ2) is 14.6. The zero-order chi connectivity index (χ0) is 25.7. The van der Waals surface area contributed by atoms with Crippen LogP contribution in [0.2, 0.25) is 0 Å². The van der Waals surface area contributed by atoms with Gasteiger partial charge in [-0.1, -0.05) is 6.42 Å². The van der Waals surface area contributed by atoms with Gasteiger partial charge in [-0.05, 0) is 19.4 Å². The summed E-state index contributed by atoms with van der Waals surface area (Å²) in [7, 11) is 0. The molecule has 4 amide bonds. The Kier molecular flexibility index (Phi) is 12.2. The Labute approximate surface area is 195 Å². The van der Waals surface area contributed by atoms with Crippen molar-refractivity contribution in [2.24, 2.45) is 17.2 Å². The highest BCUT2D eigenvalue weighted by Gasteiger charge is 2.30. The Balaban J connectivity index is 2.89. The highest BCUT2D eigenvalue weighted by atomic mass is 16.4. The fraction of sp³-hybridized carbons (Fsp3) is 0.579. The first-order valence-corrected chi connectivity index (χ1v) is 10.5. The minimum absolute atomic E-state index is 0.0354. The van der Waals surface area contributed by atoms with Crippen molar-refractivity contribution in [2.75, 3.05) is 13.2 Å². The van der Waals surface area contributed by atoms with Gasteiger partial charge >= 0.3 is 5.97 Å². The molecule has 12 N–H and O–H groups in total. The van der Waals surface area contributed by atoms with Gasteiger partial charge in [0.05, 0.1) is 25.4 Å². The molecule has 34 heavy (non-hydrogen) atoms. The molecular weight excluding hydrogens is 452 g/mol. The molecule has 0 aliphatic carbocycles. The van der Waals surface area contributed by atoms with Crippen LogP contribution in [0.15, 0.2) is 12.5 Å². The Hall–Kier alpha value is -3.56. The summed E-state index contributed by atoms with van der Waals surface area (Å²) in [6.07, 6.45) is 3.73. The number of carboxylic acids is 1. The number of carbonyl (C=O) groups is 5. The maximum Gasteiger partial charge on any atom is 0.326 e. The van der Waals surface area contributed by atoms with E-state index in [0.29, 0.717) is 31.5 Å². The molecule has 0 bridgehead atoms. The number of nitrogens with one attached hydrogen (secondary N) is 4. The van der Waals surface area contributed by atoms with Crippen LogP contribution >= 0.6 is 0 Å². The molecule has 1 aromatic rings. The smallest absolute Gasteiger partial charge is 0.326 e. The van der Waals surface area contributed by atoms with Gasteiger partial charge in [0.15, 0.2) is 0 Å². The molecule has 15 nitrogen and oxygen atoms in total. The van der Waals surface area contributed by atoms with Crippen LogP contribution in [-0.4, -0.2) is 87.1 Å². The monoisotopic (exact) mass is 484 g/mol. The Bertz CT molecular complexity index is 833. The number of aliphatic carboxylic acids is 1. The molecule has 4 unspecified atom stereocenters. The summed E-state index contributed by atoms with van der Waals surface area (Å²) < 4.78 is 0. The summed E-state index contributed by atoms with van der Waals surface area (Å²) in [5, 5.41) is 25.5. The number of carbonyl (C=O) groups excluding carboxylic acids is 4. The van der Waals surface area contributed by atoms with Crippen LogP contribution in [0.3, 0.4) is 0 Å². The van der Waals surface area contributed by atoms with Gasteiger partial charge < -0.3 is 48.3 Å². The van der Waals surface area contributed by atoms with E-state index in [-0.39, 0.29) is 6.42 Å². The van der Waals surface area contributed by atoms with E-state index in [1.807, 2.05) is 5.32 Å². The van der Waals surface area contributed by atoms with Crippen molar-refractivity contribution in [1.82, 2.24) is 25.9 Å². The number of aliphatic hydroxyl groups excluding tert-OH is 1. The zero-order valence-electron chi connectivity index (χ0n) is 18.5. The topological polar surface area (TPSA) is 269 Å². The lowest BCUT2D eigenvalue weighted by Crippen LogP contribution is -2.58. The van der Waals surface area contributed by atoms with Gasteiger partial charge in [-0.15, -0.1) is 0 Å². The highest BCUT2D eigenvalue weighted by Crippen LogP contribution is 2.03. The lowest BCUT2D eigenvalue weighted by molar-refractivity contribution is -0.144. The molecule has 0 aromatic carbocycles. The lowest BCUT2D eigenvalue weighted by atomic mass is 10.1. The number of amides is 4. The predicted molar refractivity (Wildman–Crippen MR) is 117 cm³/mol. The Morgan fingerprint density at radius 1 is 1.00 bits per heavy atom. The van der Waals surface area contributed by atoms with Gasteiger partial charge in [0, 0.05) is 18.3 Å². The number of nitrogens with two attached hydrogens (primary N) is 3. The lowest BCUT2D eigenvalue weighted by Gasteiger charge is -2.24. The molecule has 1 aromatic heterocycles. The average molecular weight is 485 g/mol. The van der Waals surface area contributed by atoms with Crippen molar-refractivity contribution in [3.63, 3.8) is 0 Å². The quantitative estimate of drug-likeness (QED) is 0.102. The van der Waals surface area contributed by atoms with E-state index in [0.717, 1.165) is 0 Å². The van der Waals surface area contributed by atoms with Crippen molar-refractivity contribution in [3.8, 4) is 0 Å². The molecule has 1 heterocycles. The minimum atomic E-state index is -1.65. The van der Waals surface area contributed by atoms with E-state index in [1.54, 1.807) is 0 Å². The third-order valence-electron chi connectivity index (χ3n) is 4.75. The molecule has 0 aliphatic rings. The second-order valence-electron chi connectivity index (χ2n) is 7.55. The molecule has 0 aliphatic heterocycles. The number of hydrogen-bond acceptors (Lipinski definition) is 9. The van der Waals surface area contributed by atoms with Crippen molar-refractivity contribution < 1.29 is 34.2 Å². The summed E-state index contributed by atoms with van der Waals surface area (Å²) in [5.41, 5.74) is 16.8. The number of aromatic amines is 1. The minimum Gasteiger partial charge on any atom is -0.480 e. The normalized spacial score (nSPS) is 14.3. The van der Waals surface area contributed by atoms with E-state index in [2.05, 4.69) is 20.6 Å². The number of primary amides is 1. The number of unbranched alkanes of at least 4 members (excludes halogenated alkanes) is 1. The van der Waals surface area contributed by atoms with Gasteiger partial charge in [-0.2, -0.15) is 0 Å². The van der Waals surface area contributed by atoms with Gasteiger partial charge in [0.2, 0.25) is 23.6 Å². The number of hydrogen-bond donors (Lipinski definition) is 9. The fourth-order valence-electron chi connectivity index (χ4n) is 2.88. The summed E-state index contributed by atoms with van der Waals surface area (Å²) in [5.74, 6) is -5.00. The molecule has 0 radical (unpaired) electrons. The third-order valence-corrected chi connectivity index (χ3v) is 4.75. The molecule has 190 valence electrons. The molecule has 0 fully saturated rings. The van der Waals surface area contributed by atoms with Crippen LogP contribution in [0, 0.1) is 0 Å². The Morgan fingerprint density at radius 3 is 2.15 bits per heavy atom. The number of nitrogens with zero attached hydrogens (tertiary/aromatic N) is 1. The maximum atomic E-state index is 12.9. The first-order chi connectivity index (χ1) is 16.1. The molecule has 4 atom stereocenters. The van der Waals surface area contributed by atoms with Crippen LogP contribution in [0.1, 0.15) is 31.4 Å². The van der Waals surface area contributed by atoms with Crippen LogP contribution in [0.5, 0.6) is 0 Å². The number of aromatic nitrogens is 2. The van der Waals surface area contributed by atoms with Crippen LogP contribution in [0.25, 0.3) is 0 Å². The van der Waals surface area contributed by atoms with Crippen LogP contribution in [-0.2, 0) is 30.4 Å². The predicted octanol–water partition coefficient (Wildman–Crippen LogP) is -4.18. The summed E-state index contributed by atoms with van der Waals surface area (Å²) >= 11 is 0. The van der Waals surface area contributed by atoms with E-state index in [9.17, 15) is 29.1 Å². The van der Waals surface area contributed by atoms with E-state index in [4.69, 9.17) is 22.3 Å². The van der Waals surface area contributed by atoms with Crippen molar-refractivity contribution in [2.45, 2.75) is 56.3 Å². The molecule has 0 saturated carbocycles. The van der Waals surface area contributed by atoms with E-state index in [1.165, 1.54) is 12.5 Å². The maximum absolute atomic E-state index is 12.9. The largest absolute Gasteiger partial charge is 0.480 e. The summed E-state index contributed by atoms with van der Waals surface area (Å²) in [6.45, 7) is -0.435. The zero-order valence-corrected chi connectivity index (χ0v) is 18.5.